The van der Waals surface area contributed by atoms with Crippen LogP contribution in [0.25, 0.3) is 0 Å². The zero-order valence-electron chi connectivity index (χ0n) is 11.5. The fourth-order valence-electron chi connectivity index (χ4n) is 1.68. The molecule has 0 spiro atoms. The van der Waals surface area contributed by atoms with Crippen molar-refractivity contribution in [3.63, 3.8) is 0 Å². The average Bonchev–Trinajstić information content (AvgIpc) is 3.16. The topological polar surface area (TPSA) is 66.4 Å². The van der Waals surface area contributed by atoms with Crippen LogP contribution in [-0.2, 0) is 10.0 Å². The zero-order chi connectivity index (χ0) is 14.6. The SMILES string of the molecule is CC1(CNS(=O)(=O)c2ccc(C#CCCO)cc2)CC1. The highest BCUT2D eigenvalue weighted by atomic mass is 32.2. The van der Waals surface area contributed by atoms with E-state index in [-0.39, 0.29) is 16.9 Å². The summed E-state index contributed by atoms with van der Waals surface area (Å²) in [6.45, 7) is 2.60. The third kappa shape index (κ3) is 4.07. The first kappa shape index (κ1) is 15.0. The van der Waals surface area contributed by atoms with Gasteiger partial charge in [0.1, 0.15) is 0 Å². The van der Waals surface area contributed by atoms with Gasteiger partial charge in [0.25, 0.3) is 0 Å². The van der Waals surface area contributed by atoms with Gasteiger partial charge in [-0.1, -0.05) is 18.8 Å². The first-order valence-electron chi connectivity index (χ1n) is 6.65. The van der Waals surface area contributed by atoms with Crippen molar-refractivity contribution >= 4 is 10.0 Å². The Kier molecular flexibility index (Phi) is 4.48. The maximum absolute atomic E-state index is 12.1. The fourth-order valence-corrected chi connectivity index (χ4v) is 2.88. The standard InChI is InChI=1S/C15H19NO3S/c1-15(9-10-15)12-16-20(18,19)14-7-5-13(6-8-14)4-2-3-11-17/h5-8,16-17H,3,9-12H2,1H3. The van der Waals surface area contributed by atoms with Gasteiger partial charge >= 0.3 is 0 Å². The molecule has 1 aromatic carbocycles. The van der Waals surface area contributed by atoms with E-state index in [1.54, 1.807) is 24.3 Å². The maximum Gasteiger partial charge on any atom is 0.240 e. The van der Waals surface area contributed by atoms with E-state index in [0.29, 0.717) is 13.0 Å². The van der Waals surface area contributed by atoms with E-state index in [9.17, 15) is 8.42 Å². The molecular formula is C15H19NO3S. The number of aliphatic hydroxyl groups is 1. The lowest BCUT2D eigenvalue weighted by molar-refractivity contribution is 0.305. The Morgan fingerprint density at radius 1 is 1.30 bits per heavy atom. The van der Waals surface area contributed by atoms with Crippen LogP contribution < -0.4 is 4.72 Å². The van der Waals surface area contributed by atoms with Crippen molar-refractivity contribution in [2.75, 3.05) is 13.2 Å². The second-order valence-electron chi connectivity index (χ2n) is 5.43. The van der Waals surface area contributed by atoms with Gasteiger partial charge in [0.2, 0.25) is 10.0 Å². The van der Waals surface area contributed by atoms with Crippen molar-refractivity contribution in [1.29, 1.82) is 0 Å². The summed E-state index contributed by atoms with van der Waals surface area (Å²) in [4.78, 5) is 0.259. The average molecular weight is 293 g/mol. The lowest BCUT2D eigenvalue weighted by atomic mass is 10.2. The summed E-state index contributed by atoms with van der Waals surface area (Å²) < 4.78 is 26.8. The Hall–Kier alpha value is -1.35. The van der Waals surface area contributed by atoms with Crippen LogP contribution in [0.15, 0.2) is 29.2 Å². The molecule has 4 nitrogen and oxygen atoms in total. The number of rotatable bonds is 5. The highest BCUT2D eigenvalue weighted by Gasteiger charge is 2.38. The van der Waals surface area contributed by atoms with E-state index < -0.39 is 10.0 Å². The highest BCUT2D eigenvalue weighted by Crippen LogP contribution is 2.44. The van der Waals surface area contributed by atoms with Gasteiger partial charge in [0, 0.05) is 18.5 Å². The Morgan fingerprint density at radius 3 is 2.50 bits per heavy atom. The van der Waals surface area contributed by atoms with E-state index in [2.05, 4.69) is 23.5 Å². The molecule has 2 N–H and O–H groups in total. The van der Waals surface area contributed by atoms with Gasteiger partial charge in [-0.25, -0.2) is 13.1 Å². The van der Waals surface area contributed by atoms with Gasteiger partial charge in [-0.2, -0.15) is 0 Å². The third-order valence-corrected chi connectivity index (χ3v) is 4.84. The van der Waals surface area contributed by atoms with Gasteiger partial charge < -0.3 is 5.11 Å². The van der Waals surface area contributed by atoms with E-state index in [0.717, 1.165) is 18.4 Å². The van der Waals surface area contributed by atoms with Crippen LogP contribution in [0.1, 0.15) is 31.7 Å². The molecule has 0 bridgehead atoms. The molecule has 0 saturated heterocycles. The molecule has 2 rings (SSSR count). The summed E-state index contributed by atoms with van der Waals surface area (Å²) in [7, 11) is -3.43. The fraction of sp³-hybridized carbons (Fsp3) is 0.467. The minimum absolute atomic E-state index is 0.0299. The smallest absolute Gasteiger partial charge is 0.240 e. The largest absolute Gasteiger partial charge is 0.395 e. The molecule has 0 unspecified atom stereocenters. The monoisotopic (exact) mass is 293 g/mol. The predicted molar refractivity (Wildman–Crippen MR) is 77.6 cm³/mol. The molecule has 0 radical (unpaired) electrons. The summed E-state index contributed by atoms with van der Waals surface area (Å²) in [6, 6.07) is 6.47. The van der Waals surface area contributed by atoms with Crippen molar-refractivity contribution in [3.8, 4) is 11.8 Å². The minimum atomic E-state index is -3.43. The number of nitrogens with one attached hydrogen (secondary N) is 1. The molecule has 1 saturated carbocycles. The van der Waals surface area contributed by atoms with Crippen LogP contribution in [0.4, 0.5) is 0 Å². The van der Waals surface area contributed by atoms with Gasteiger partial charge in [-0.15, -0.1) is 0 Å². The first-order chi connectivity index (χ1) is 9.45. The molecule has 0 aliphatic heterocycles. The van der Waals surface area contributed by atoms with Crippen LogP contribution in [0.5, 0.6) is 0 Å². The second-order valence-corrected chi connectivity index (χ2v) is 7.20. The van der Waals surface area contributed by atoms with Gasteiger partial charge in [0.05, 0.1) is 11.5 Å². The number of sulfonamides is 1. The van der Waals surface area contributed by atoms with Crippen molar-refractivity contribution in [2.45, 2.75) is 31.1 Å². The van der Waals surface area contributed by atoms with Crippen LogP contribution >= 0.6 is 0 Å². The van der Waals surface area contributed by atoms with E-state index >= 15 is 0 Å². The molecule has 0 atom stereocenters. The lowest BCUT2D eigenvalue weighted by Gasteiger charge is -2.10. The van der Waals surface area contributed by atoms with Crippen LogP contribution in [0.2, 0.25) is 0 Å². The second kappa shape index (κ2) is 5.96. The molecular weight excluding hydrogens is 274 g/mol. The number of aliphatic hydroxyl groups excluding tert-OH is 1. The molecule has 20 heavy (non-hydrogen) atoms. The lowest BCUT2D eigenvalue weighted by Crippen LogP contribution is -2.29. The van der Waals surface area contributed by atoms with Crippen molar-refractivity contribution in [1.82, 2.24) is 4.72 Å². The Bertz CT molecular complexity index is 619. The summed E-state index contributed by atoms with van der Waals surface area (Å²) >= 11 is 0. The third-order valence-electron chi connectivity index (χ3n) is 3.43. The number of hydrogen-bond donors (Lipinski definition) is 2. The number of benzene rings is 1. The van der Waals surface area contributed by atoms with E-state index in [1.165, 1.54) is 0 Å². The van der Waals surface area contributed by atoms with Gasteiger partial charge in [0.15, 0.2) is 0 Å². The molecule has 0 aromatic heterocycles. The number of hydrogen-bond acceptors (Lipinski definition) is 3. The molecule has 1 aliphatic carbocycles. The summed E-state index contributed by atoms with van der Waals surface area (Å²) in [5.41, 5.74) is 0.884. The molecule has 0 heterocycles. The molecule has 0 amide bonds. The zero-order valence-corrected chi connectivity index (χ0v) is 12.3. The summed E-state index contributed by atoms with van der Waals surface area (Å²) in [6.07, 6.45) is 2.57. The van der Waals surface area contributed by atoms with Crippen LogP contribution in [-0.4, -0.2) is 26.7 Å². The van der Waals surface area contributed by atoms with E-state index in [1.807, 2.05) is 0 Å². The molecule has 5 heteroatoms. The first-order valence-corrected chi connectivity index (χ1v) is 8.13. The molecule has 108 valence electrons. The van der Waals surface area contributed by atoms with Gasteiger partial charge in [-0.05, 0) is 42.5 Å². The van der Waals surface area contributed by atoms with Gasteiger partial charge in [-0.3, -0.25) is 0 Å². The minimum Gasteiger partial charge on any atom is -0.395 e. The quantitative estimate of drug-likeness (QED) is 0.809. The van der Waals surface area contributed by atoms with E-state index in [4.69, 9.17) is 5.11 Å². The van der Waals surface area contributed by atoms with Crippen molar-refractivity contribution in [2.24, 2.45) is 5.41 Å². The molecule has 1 aromatic rings. The maximum atomic E-state index is 12.1. The Balaban J connectivity index is 2.03. The van der Waals surface area contributed by atoms with Crippen LogP contribution in [0.3, 0.4) is 0 Å². The Morgan fingerprint density at radius 2 is 1.95 bits per heavy atom. The molecule has 1 fully saturated rings. The predicted octanol–water partition coefficient (Wildman–Crippen LogP) is 1.50. The van der Waals surface area contributed by atoms with Crippen molar-refractivity contribution in [3.05, 3.63) is 29.8 Å². The summed E-state index contributed by atoms with van der Waals surface area (Å²) in [5.74, 6) is 5.66. The summed E-state index contributed by atoms with van der Waals surface area (Å²) in [5, 5.41) is 8.63. The normalized spacial score (nSPS) is 16.3. The Labute approximate surface area is 120 Å². The van der Waals surface area contributed by atoms with Crippen molar-refractivity contribution < 1.29 is 13.5 Å². The van der Waals surface area contributed by atoms with Crippen LogP contribution in [0, 0.1) is 17.3 Å². The molecule has 1 aliphatic rings. The highest BCUT2D eigenvalue weighted by molar-refractivity contribution is 7.89.